The number of aliphatic carboxylic acids is 3. The number of hydrazine groups is 2. The molecular formula is C111H211N10NaO25. The van der Waals surface area contributed by atoms with E-state index >= 15 is 0 Å². The number of nitrogens with one attached hydrogen (secondary N) is 2. The van der Waals surface area contributed by atoms with Gasteiger partial charge in [0.1, 0.15) is 50.7 Å². The van der Waals surface area contributed by atoms with Gasteiger partial charge < -0.3 is 83.7 Å². The zero-order valence-electron chi connectivity index (χ0n) is 94.6. The van der Waals surface area contributed by atoms with Gasteiger partial charge in [0.15, 0.2) is 0 Å². The Morgan fingerprint density at radius 3 is 1.01 bits per heavy atom. The summed E-state index contributed by atoms with van der Waals surface area (Å²) in [5, 5.41) is 43.9. The van der Waals surface area contributed by atoms with Crippen LogP contribution in [0.4, 0.5) is 4.79 Å². The number of cyclic esters (lactones) is 1. The molecule has 1 aliphatic heterocycles. The molecule has 1 saturated heterocycles. The van der Waals surface area contributed by atoms with Crippen LogP contribution in [0.3, 0.4) is 0 Å². The normalized spacial score (nSPS) is 11.4. The summed E-state index contributed by atoms with van der Waals surface area (Å²) in [5.41, 5.74) is 9.08. The second kappa shape index (κ2) is 133. The number of carbonyl (C=O) groups excluding carboxylic acids is 9. The number of methoxy groups -OCH3 is 1. The first-order chi connectivity index (χ1) is 70.2. The van der Waals surface area contributed by atoms with E-state index in [0.717, 1.165) is 206 Å². The second-order valence-corrected chi connectivity index (χ2v) is 37.4. The quantitative estimate of drug-likeness (QED) is 0.00261. The van der Waals surface area contributed by atoms with Crippen LogP contribution in [0.5, 0.6) is 0 Å². The van der Waals surface area contributed by atoms with E-state index in [2.05, 4.69) is 80.0 Å². The second-order valence-electron chi connectivity index (χ2n) is 37.4. The minimum Gasteiger partial charge on any atom is -0.481 e. The maximum Gasteiger partial charge on any atom is 1.00 e. The first kappa shape index (κ1) is 157. The van der Waals surface area contributed by atoms with Gasteiger partial charge in [0.25, 0.3) is 0 Å². The molecule has 11 N–H and O–H groups in total. The average molecular weight is 2110 g/mol. The molecular weight excluding hydrogens is 1900 g/mol. The van der Waals surface area contributed by atoms with Crippen LogP contribution in [-0.4, -0.2) is 257 Å². The summed E-state index contributed by atoms with van der Waals surface area (Å²) < 4.78 is 40.6. The minimum atomic E-state index is -0.791. The molecule has 36 heteroatoms. The van der Waals surface area contributed by atoms with Crippen molar-refractivity contribution in [1.29, 1.82) is 5.53 Å². The number of carboxylic acids is 3. The molecule has 0 aromatic rings. The van der Waals surface area contributed by atoms with Crippen LogP contribution in [0.15, 0.2) is 66.0 Å². The molecule has 1 aliphatic rings. The summed E-state index contributed by atoms with van der Waals surface area (Å²) in [6.07, 6.45) is 76.7. The summed E-state index contributed by atoms with van der Waals surface area (Å²) in [4.78, 5) is 138. The molecule has 35 nitrogen and oxygen atoms in total. The predicted molar refractivity (Wildman–Crippen MR) is 583 cm³/mol. The van der Waals surface area contributed by atoms with Crippen molar-refractivity contribution in [3.8, 4) is 0 Å². The number of rotatable bonds is 85. The number of carbonyl (C=O) groups is 12. The zero-order valence-corrected chi connectivity index (χ0v) is 96.6. The molecule has 0 spiro atoms. The number of ether oxygens (including phenoxy) is 8. The molecule has 0 aromatic carbocycles. The van der Waals surface area contributed by atoms with Crippen molar-refractivity contribution < 1.29 is 151 Å². The Morgan fingerprint density at radius 1 is 0.415 bits per heavy atom. The number of hydrogen-bond donors (Lipinski definition) is 9. The number of nitrogens with two attached hydrogens (primary N) is 2. The third-order valence-electron chi connectivity index (χ3n) is 21.3. The number of allylic oxidation sites excluding steroid dienone is 5. The Bertz CT molecular complexity index is 3020. The summed E-state index contributed by atoms with van der Waals surface area (Å²) >= 11 is 0. The number of nitrogens with zero attached hydrogens (tertiary/aromatic N) is 6. The first-order valence-corrected chi connectivity index (χ1v) is 55.0. The van der Waals surface area contributed by atoms with E-state index in [1.165, 1.54) is 128 Å². The predicted octanol–water partition coefficient (Wildman–Crippen LogP) is 20.8. The molecule has 1 rings (SSSR count). The third kappa shape index (κ3) is 164. The molecule has 1 heterocycles. The Balaban J connectivity index is -0.000000232. The topological polar surface area (TPSA) is 507 Å². The van der Waals surface area contributed by atoms with Crippen molar-refractivity contribution in [1.82, 2.24) is 25.1 Å². The van der Waals surface area contributed by atoms with E-state index in [4.69, 9.17) is 80.7 Å². The van der Waals surface area contributed by atoms with E-state index in [-0.39, 0.29) is 97.0 Å². The molecule has 0 aliphatic carbocycles. The van der Waals surface area contributed by atoms with Crippen molar-refractivity contribution in [2.45, 2.75) is 446 Å². The zero-order chi connectivity index (χ0) is 111. The van der Waals surface area contributed by atoms with E-state index in [1.54, 1.807) is 27.9 Å². The number of ketones is 1. The SMILES string of the molecule is CC(C)(C)OC(=O)NN.CCCCCC/C=C\COC(=O)CCCCCN(CCCCCC(=O)OC/C=C\CCCCCC)CC(=O)CCCN(C)C.CCCCCC/C=C\COC(=O)CCCCCN(N)CCCCCC(=O)OC/C=C\CCCCCC.CCCCCC/C=C\COC(=O)CCCCOC.CN(C)CCCC(=O)O.N=N[N-]O.O=C(O)CCCCCO.O=C1CCCCCO1.O=CCCCCC(=O)O.[Na+]. The molecule has 0 saturated carbocycles. The fourth-order valence-corrected chi connectivity index (χ4v) is 13.1. The fraction of sp³-hybridized carbons (Fsp3) is 0.802. The van der Waals surface area contributed by atoms with Crippen LogP contribution in [0.1, 0.15) is 441 Å². The number of hydrogen-bond acceptors (Lipinski definition) is 30. The van der Waals surface area contributed by atoms with Crippen LogP contribution >= 0.6 is 0 Å². The Morgan fingerprint density at radius 2 is 0.714 bits per heavy atom. The smallest absolute Gasteiger partial charge is 0.481 e. The molecule has 1 amide bonds. The maximum atomic E-state index is 12.6. The molecule has 0 aromatic heterocycles. The molecule has 1 fully saturated rings. The van der Waals surface area contributed by atoms with Crippen LogP contribution in [0.25, 0.3) is 5.59 Å². The molecule has 0 atom stereocenters. The maximum absolute atomic E-state index is 12.6. The van der Waals surface area contributed by atoms with Crippen molar-refractivity contribution in [2.75, 3.05) is 134 Å². The molecule has 856 valence electrons. The van der Waals surface area contributed by atoms with Crippen LogP contribution in [0.2, 0.25) is 0 Å². The molecule has 0 unspecified atom stereocenters. The monoisotopic (exact) mass is 2110 g/mol. The van der Waals surface area contributed by atoms with E-state index in [1.807, 2.05) is 79.5 Å². The number of carboxylic acid groups (broad SMARTS) is 3. The first-order valence-electron chi connectivity index (χ1n) is 55.0. The van der Waals surface area contributed by atoms with Gasteiger partial charge in [-0.3, -0.25) is 74.9 Å². The van der Waals surface area contributed by atoms with Gasteiger partial charge in [-0.1, -0.05) is 224 Å². The Hall–Kier alpha value is -7.42. The van der Waals surface area contributed by atoms with Gasteiger partial charge in [-0.05, 0) is 261 Å². The number of amides is 1. The summed E-state index contributed by atoms with van der Waals surface area (Å²) in [7, 11) is 9.59. The van der Waals surface area contributed by atoms with Crippen LogP contribution < -0.4 is 46.7 Å². The Kier molecular flexibility index (Phi) is 142. The van der Waals surface area contributed by atoms with E-state index in [0.29, 0.717) is 130 Å². The molecule has 0 radical (unpaired) electrons. The van der Waals surface area contributed by atoms with Crippen LogP contribution in [-0.2, 0) is 90.6 Å². The minimum absolute atomic E-state index is 0. The molecule has 0 bridgehead atoms. The van der Waals surface area contributed by atoms with Gasteiger partial charge in [-0.2, -0.15) is 0 Å². The number of aliphatic hydroxyl groups excluding tert-OH is 1. The average Bonchev–Trinajstić information content (AvgIpc) is 1.69. The summed E-state index contributed by atoms with van der Waals surface area (Å²) in [5.74, 6) is 8.20. The van der Waals surface area contributed by atoms with E-state index < -0.39 is 29.6 Å². The number of esters is 6. The van der Waals surface area contributed by atoms with Gasteiger partial charge in [-0.25, -0.2) is 15.6 Å². The van der Waals surface area contributed by atoms with Crippen molar-refractivity contribution in [2.24, 2.45) is 16.9 Å². The largest absolute Gasteiger partial charge is 1.00 e. The van der Waals surface area contributed by atoms with Crippen LogP contribution in [0, 0.1) is 5.53 Å². The van der Waals surface area contributed by atoms with Crippen molar-refractivity contribution in [3.63, 3.8) is 0 Å². The number of aliphatic hydroxyl groups is 1. The number of unbranched alkanes of at least 4 members (excludes halogenated alkanes) is 33. The van der Waals surface area contributed by atoms with Gasteiger partial charge in [0.05, 0.1) is 13.2 Å². The van der Waals surface area contributed by atoms with Crippen molar-refractivity contribution in [3.05, 3.63) is 66.3 Å². The summed E-state index contributed by atoms with van der Waals surface area (Å²) in [6.45, 7) is 25.4. The van der Waals surface area contributed by atoms with E-state index in [9.17, 15) is 57.5 Å². The van der Waals surface area contributed by atoms with Crippen molar-refractivity contribution >= 4 is 71.9 Å². The Labute approximate surface area is 911 Å². The number of aldehydes is 1. The summed E-state index contributed by atoms with van der Waals surface area (Å²) in [6, 6.07) is 0. The standard InChI is InChI=1S/C37H68N2O5.C30H56N2O4.C15H28O3.C6H13NO2.C6H12O3.C6H10O3.C6H10O2.C5H12N2O2.H2N3O.Na/c1-5-7-9-11-13-15-23-32-43-36(41)27-19-17-21-30-39(34-35(40)26-25-29-38(3)4)31-22-18-20-28-37(42)44-33-24-16-14-12-10-8-6-2;1-3-5-7-9-11-13-21-27-35-29(33)23-17-15-19-25-32(31)26-20-16-18-24-30(34)36-28-22-14-12-10-8-6-4-2;1-3-4-5-6-7-8-10-14-18-15(16)12-9-11-13-17-2;1-7(2)5-3-4-6(8)9;2*7-5-3-1-2-4-6(8)9;7-6-4-2-1-3-5-8-6;1-5(2,3)9-4(8)7-6;1-2-3-4;/h15-16,23-24H,5-14,17-22,25-34H2,1-4H3;13-14,21-22H,3-12,15-20,23-28,31H2,1-2H3;8,10H,3-7,9,11-14H2,1-2H3;3-5H2,1-2H3,(H,8,9);7H,1-5H2,(H,8,9);5H,1-4H2,(H,8,9);1-5H2;6H2,1-3H3,(H,7,8);(H2-,1,2,3,4);/q;;;;;;;;-1;+1/b23-15-,24-16-;21-13-,22-14-;10-8-;;;;;;;. The van der Waals surface area contributed by atoms with Gasteiger partial charge in [0.2, 0.25) is 0 Å². The van der Waals surface area contributed by atoms with Gasteiger partial charge >= 0.3 is 89.4 Å². The van der Waals surface area contributed by atoms with Gasteiger partial charge in [-0.15, -0.1) is 0 Å². The fourth-order valence-electron chi connectivity index (χ4n) is 13.1. The van der Waals surface area contributed by atoms with Gasteiger partial charge in [0, 0.05) is 104 Å². The number of Topliss-reactive ketones (excluding diaryl/α,β-unsaturated/α-hetero) is 1. The third-order valence-corrected chi connectivity index (χ3v) is 21.3. The molecule has 147 heavy (non-hydrogen) atoms.